The number of cyclic esters (lactones) is 1. The van der Waals surface area contributed by atoms with Crippen LogP contribution in [-0.4, -0.2) is 38.0 Å². The fourth-order valence-electron chi connectivity index (χ4n) is 6.37. The zero-order valence-electron chi connectivity index (χ0n) is 17.3. The van der Waals surface area contributed by atoms with E-state index in [2.05, 4.69) is 0 Å². The third-order valence-electron chi connectivity index (χ3n) is 7.79. The standard InChI is InChI=1S/C22H28O7/c1-21-7-5-13-20(25)29-16(12-6-8-28-11-12)10-22(13,2)18(21)17(23)15(26-3)9-14(21)19(24)27-4/h6,8,11,13-16,18H,5,7,9-10H2,1-4H3/t13-,14-,15-,16-,18-,21-,22-/m0/s1. The van der Waals surface area contributed by atoms with Crippen molar-refractivity contribution in [2.75, 3.05) is 14.2 Å². The lowest BCUT2D eigenvalue weighted by Crippen LogP contribution is -2.64. The van der Waals surface area contributed by atoms with Gasteiger partial charge in [0, 0.05) is 18.6 Å². The zero-order valence-corrected chi connectivity index (χ0v) is 17.3. The van der Waals surface area contributed by atoms with Crippen LogP contribution in [0.4, 0.5) is 0 Å². The Kier molecular flexibility index (Phi) is 4.84. The van der Waals surface area contributed by atoms with E-state index < -0.39 is 34.9 Å². The maximum absolute atomic E-state index is 13.6. The lowest BCUT2D eigenvalue weighted by Gasteiger charge is -2.61. The highest BCUT2D eigenvalue weighted by atomic mass is 16.5. The summed E-state index contributed by atoms with van der Waals surface area (Å²) in [7, 11) is 2.87. The van der Waals surface area contributed by atoms with Crippen molar-refractivity contribution in [2.24, 2.45) is 28.6 Å². The Morgan fingerprint density at radius 2 is 1.97 bits per heavy atom. The molecule has 1 aromatic heterocycles. The molecule has 7 atom stereocenters. The fraction of sp³-hybridized carbons (Fsp3) is 0.682. The van der Waals surface area contributed by atoms with Gasteiger partial charge < -0.3 is 18.6 Å². The minimum atomic E-state index is -0.682. The monoisotopic (exact) mass is 404 g/mol. The van der Waals surface area contributed by atoms with Crippen LogP contribution in [0, 0.1) is 28.6 Å². The number of rotatable bonds is 3. The van der Waals surface area contributed by atoms with Crippen LogP contribution in [0.3, 0.4) is 0 Å². The van der Waals surface area contributed by atoms with Crippen molar-refractivity contribution in [2.45, 2.75) is 51.7 Å². The van der Waals surface area contributed by atoms with Gasteiger partial charge in [-0.2, -0.15) is 0 Å². The Bertz CT molecular complexity index is 815. The fourth-order valence-corrected chi connectivity index (χ4v) is 6.37. The summed E-state index contributed by atoms with van der Waals surface area (Å²) in [5.41, 5.74) is -0.463. The van der Waals surface area contributed by atoms with Gasteiger partial charge in [-0.05, 0) is 42.6 Å². The largest absolute Gasteiger partial charge is 0.472 e. The molecule has 2 heterocycles. The number of esters is 2. The molecular weight excluding hydrogens is 376 g/mol. The van der Waals surface area contributed by atoms with E-state index in [1.165, 1.54) is 14.2 Å². The number of carbonyl (C=O) groups excluding carboxylic acids is 3. The van der Waals surface area contributed by atoms with Gasteiger partial charge in [0.05, 0.1) is 31.5 Å². The average Bonchev–Trinajstić information content (AvgIpc) is 3.21. The van der Waals surface area contributed by atoms with E-state index >= 15 is 0 Å². The quantitative estimate of drug-likeness (QED) is 0.715. The molecule has 0 spiro atoms. The predicted octanol–water partition coefficient (Wildman–Crippen LogP) is 3.08. The third kappa shape index (κ3) is 2.85. The summed E-state index contributed by atoms with van der Waals surface area (Å²) in [6.45, 7) is 3.99. The van der Waals surface area contributed by atoms with Gasteiger partial charge in [-0.3, -0.25) is 14.4 Å². The van der Waals surface area contributed by atoms with Crippen molar-refractivity contribution in [3.05, 3.63) is 24.2 Å². The summed E-state index contributed by atoms with van der Waals surface area (Å²) in [4.78, 5) is 39.2. The Morgan fingerprint density at radius 1 is 1.21 bits per heavy atom. The Balaban J connectivity index is 1.79. The zero-order chi connectivity index (χ0) is 21.0. The maximum atomic E-state index is 13.6. The highest BCUT2D eigenvalue weighted by molar-refractivity contribution is 5.92. The number of hydrogen-bond acceptors (Lipinski definition) is 7. The molecule has 0 bridgehead atoms. The van der Waals surface area contributed by atoms with Gasteiger partial charge in [0.15, 0.2) is 5.78 Å². The Labute approximate surface area is 170 Å². The number of furan rings is 1. The number of ether oxygens (including phenoxy) is 3. The summed E-state index contributed by atoms with van der Waals surface area (Å²) in [6, 6.07) is 1.78. The van der Waals surface area contributed by atoms with Gasteiger partial charge in [0.1, 0.15) is 12.2 Å². The molecule has 2 saturated carbocycles. The first-order chi connectivity index (χ1) is 13.8. The van der Waals surface area contributed by atoms with Crippen LogP contribution < -0.4 is 0 Å². The van der Waals surface area contributed by atoms with Crippen LogP contribution >= 0.6 is 0 Å². The average molecular weight is 404 g/mol. The second kappa shape index (κ2) is 6.97. The first-order valence-corrected chi connectivity index (χ1v) is 10.1. The van der Waals surface area contributed by atoms with E-state index in [1.54, 1.807) is 18.6 Å². The molecule has 0 amide bonds. The van der Waals surface area contributed by atoms with E-state index in [-0.39, 0.29) is 23.6 Å². The molecule has 7 heteroatoms. The molecule has 0 N–H and O–H groups in total. The molecule has 0 radical (unpaired) electrons. The summed E-state index contributed by atoms with van der Waals surface area (Å²) in [5.74, 6) is -1.97. The van der Waals surface area contributed by atoms with Gasteiger partial charge in [-0.25, -0.2) is 0 Å². The van der Waals surface area contributed by atoms with Crippen LogP contribution in [-0.2, 0) is 28.6 Å². The molecule has 4 rings (SSSR count). The molecular formula is C22H28O7. The molecule has 3 fully saturated rings. The molecule has 1 aromatic rings. The van der Waals surface area contributed by atoms with Crippen molar-refractivity contribution in [1.82, 2.24) is 0 Å². The SMILES string of the molecule is COC(=O)[C@@H]1C[C@H](OC)C(=O)[C@H]2[C@@]1(C)CC[C@H]1C(=O)O[C@H](c3ccoc3)C[C@]21C. The molecule has 1 aliphatic heterocycles. The normalized spacial score (nSPS) is 41.9. The van der Waals surface area contributed by atoms with Crippen LogP contribution in [0.2, 0.25) is 0 Å². The van der Waals surface area contributed by atoms with Crippen molar-refractivity contribution in [3.63, 3.8) is 0 Å². The van der Waals surface area contributed by atoms with Gasteiger partial charge >= 0.3 is 11.9 Å². The minimum Gasteiger partial charge on any atom is -0.472 e. The Morgan fingerprint density at radius 3 is 2.59 bits per heavy atom. The smallest absolute Gasteiger partial charge is 0.310 e. The van der Waals surface area contributed by atoms with Crippen LogP contribution in [0.5, 0.6) is 0 Å². The van der Waals surface area contributed by atoms with Crippen LogP contribution in [0.15, 0.2) is 23.0 Å². The summed E-state index contributed by atoms with van der Waals surface area (Å²) in [6.07, 6.45) is 3.94. The van der Waals surface area contributed by atoms with Crippen molar-refractivity contribution >= 4 is 17.7 Å². The number of ketones is 1. The Hall–Kier alpha value is -2.15. The summed E-state index contributed by atoms with van der Waals surface area (Å²) in [5, 5.41) is 0. The third-order valence-corrected chi connectivity index (χ3v) is 7.79. The van der Waals surface area contributed by atoms with E-state index in [9.17, 15) is 14.4 Å². The van der Waals surface area contributed by atoms with E-state index in [0.717, 1.165) is 5.56 Å². The molecule has 3 aliphatic rings. The molecule has 29 heavy (non-hydrogen) atoms. The van der Waals surface area contributed by atoms with Gasteiger partial charge in [0.25, 0.3) is 0 Å². The van der Waals surface area contributed by atoms with E-state index in [1.807, 2.05) is 13.8 Å². The topological polar surface area (TPSA) is 92.0 Å². The second-order valence-electron chi connectivity index (χ2n) is 9.16. The maximum Gasteiger partial charge on any atom is 0.310 e. The highest BCUT2D eigenvalue weighted by Crippen LogP contribution is 2.65. The number of fused-ring (bicyclic) bond motifs is 3. The van der Waals surface area contributed by atoms with E-state index in [4.69, 9.17) is 18.6 Å². The predicted molar refractivity (Wildman–Crippen MR) is 101 cm³/mol. The lowest BCUT2D eigenvalue weighted by molar-refractivity contribution is -0.208. The van der Waals surface area contributed by atoms with Crippen LogP contribution in [0.1, 0.15) is 51.2 Å². The van der Waals surface area contributed by atoms with Gasteiger partial charge in [0.2, 0.25) is 0 Å². The highest BCUT2D eigenvalue weighted by Gasteiger charge is 2.67. The first kappa shape index (κ1) is 20.1. The number of methoxy groups -OCH3 is 2. The van der Waals surface area contributed by atoms with Gasteiger partial charge in [-0.15, -0.1) is 0 Å². The van der Waals surface area contributed by atoms with Crippen molar-refractivity contribution < 1.29 is 33.0 Å². The van der Waals surface area contributed by atoms with Crippen molar-refractivity contribution in [3.8, 4) is 0 Å². The summed E-state index contributed by atoms with van der Waals surface area (Å²) < 4.78 is 21.5. The number of hydrogen-bond donors (Lipinski definition) is 0. The lowest BCUT2D eigenvalue weighted by atomic mass is 9.43. The molecule has 2 aliphatic carbocycles. The van der Waals surface area contributed by atoms with E-state index in [0.29, 0.717) is 25.7 Å². The number of carbonyl (C=O) groups is 3. The number of Topliss-reactive ketones (excluding diaryl/α,β-unsaturated/α-hetero) is 1. The second-order valence-corrected chi connectivity index (χ2v) is 9.16. The summed E-state index contributed by atoms with van der Waals surface area (Å²) >= 11 is 0. The van der Waals surface area contributed by atoms with Gasteiger partial charge in [-0.1, -0.05) is 13.8 Å². The minimum absolute atomic E-state index is 0.0250. The molecule has 158 valence electrons. The molecule has 0 unspecified atom stereocenters. The molecule has 1 saturated heterocycles. The van der Waals surface area contributed by atoms with Crippen LogP contribution in [0.25, 0.3) is 0 Å². The molecule has 0 aromatic carbocycles. The molecule has 7 nitrogen and oxygen atoms in total. The first-order valence-electron chi connectivity index (χ1n) is 10.1. The van der Waals surface area contributed by atoms with Crippen molar-refractivity contribution in [1.29, 1.82) is 0 Å².